The monoisotopic (exact) mass is 390 g/mol. The van der Waals surface area contributed by atoms with Crippen molar-refractivity contribution < 1.29 is 19.4 Å². The molecule has 6 nitrogen and oxygen atoms in total. The number of amides is 1. The van der Waals surface area contributed by atoms with Gasteiger partial charge in [0.25, 0.3) is 0 Å². The number of carbonyl (C=O) groups is 2. The zero-order valence-corrected chi connectivity index (χ0v) is 16.8. The molecule has 2 rings (SSSR count). The van der Waals surface area contributed by atoms with Gasteiger partial charge in [0.05, 0.1) is 25.1 Å². The van der Waals surface area contributed by atoms with Crippen LogP contribution >= 0.6 is 11.3 Å². The largest absolute Gasteiger partial charge is 0.492 e. The second-order valence-corrected chi connectivity index (χ2v) is 7.88. The molecule has 146 valence electrons. The lowest BCUT2D eigenvalue weighted by atomic mass is 9.82. The van der Waals surface area contributed by atoms with Gasteiger partial charge in [-0.05, 0) is 29.5 Å². The van der Waals surface area contributed by atoms with Crippen molar-refractivity contribution in [2.75, 3.05) is 13.2 Å². The fraction of sp³-hybridized carbons (Fsp3) is 0.450. The van der Waals surface area contributed by atoms with Gasteiger partial charge in [-0.3, -0.25) is 9.59 Å². The van der Waals surface area contributed by atoms with E-state index in [0.29, 0.717) is 23.9 Å². The van der Waals surface area contributed by atoms with E-state index >= 15 is 0 Å². The molecule has 7 heteroatoms. The summed E-state index contributed by atoms with van der Waals surface area (Å²) in [5, 5.41) is 13.8. The van der Waals surface area contributed by atoms with E-state index in [9.17, 15) is 9.59 Å². The van der Waals surface area contributed by atoms with Crippen LogP contribution in [0.5, 0.6) is 5.75 Å². The first-order chi connectivity index (χ1) is 12.8. The van der Waals surface area contributed by atoms with E-state index in [0.717, 1.165) is 12.2 Å². The number of hydrogen-bond donors (Lipinski definition) is 2. The normalized spacial score (nSPS) is 11.2. The summed E-state index contributed by atoms with van der Waals surface area (Å²) in [5.41, 5.74) is 1.90. The molecule has 0 saturated heterocycles. The molecular formula is C20H26N2O4S. The first-order valence-corrected chi connectivity index (χ1v) is 9.83. The fourth-order valence-electron chi connectivity index (χ4n) is 2.43. The Labute approximate surface area is 163 Å². The Kier molecular flexibility index (Phi) is 7.36. The summed E-state index contributed by atoms with van der Waals surface area (Å²) < 4.78 is 5.66. The van der Waals surface area contributed by atoms with Gasteiger partial charge in [-0.25, -0.2) is 4.98 Å². The Morgan fingerprint density at radius 1 is 1.22 bits per heavy atom. The average Bonchev–Trinajstić information content (AvgIpc) is 3.05. The van der Waals surface area contributed by atoms with E-state index in [4.69, 9.17) is 9.84 Å². The number of nitrogens with one attached hydrogen (secondary N) is 1. The molecule has 0 saturated carbocycles. The molecular weight excluding hydrogens is 364 g/mol. The third-order valence-electron chi connectivity index (χ3n) is 4.46. The summed E-state index contributed by atoms with van der Waals surface area (Å²) in [6.45, 7) is 7.38. The van der Waals surface area contributed by atoms with Crippen molar-refractivity contribution in [1.82, 2.24) is 10.3 Å². The highest BCUT2D eigenvalue weighted by atomic mass is 32.1. The van der Waals surface area contributed by atoms with Gasteiger partial charge in [-0.15, -0.1) is 11.3 Å². The fourth-order valence-corrected chi connectivity index (χ4v) is 3.22. The van der Waals surface area contributed by atoms with Crippen molar-refractivity contribution in [3.8, 4) is 5.75 Å². The predicted octanol–water partition coefficient (Wildman–Crippen LogP) is 3.20. The Balaban J connectivity index is 1.71. The van der Waals surface area contributed by atoms with Crippen molar-refractivity contribution in [2.45, 2.75) is 45.4 Å². The summed E-state index contributed by atoms with van der Waals surface area (Å²) in [4.78, 5) is 26.7. The summed E-state index contributed by atoms with van der Waals surface area (Å²) >= 11 is 1.29. The van der Waals surface area contributed by atoms with Gasteiger partial charge in [-0.1, -0.05) is 32.9 Å². The molecule has 0 unspecified atom stereocenters. The van der Waals surface area contributed by atoms with Crippen LogP contribution < -0.4 is 10.1 Å². The van der Waals surface area contributed by atoms with Crippen molar-refractivity contribution in [2.24, 2.45) is 0 Å². The minimum atomic E-state index is -0.931. The van der Waals surface area contributed by atoms with Gasteiger partial charge in [0.15, 0.2) is 0 Å². The lowest BCUT2D eigenvalue weighted by Gasteiger charge is -2.23. The Morgan fingerprint density at radius 2 is 1.93 bits per heavy atom. The van der Waals surface area contributed by atoms with Crippen LogP contribution in [0.4, 0.5) is 0 Å². The van der Waals surface area contributed by atoms with Crippen LogP contribution in [-0.4, -0.2) is 35.1 Å². The molecule has 0 aliphatic carbocycles. The van der Waals surface area contributed by atoms with E-state index in [1.807, 2.05) is 12.1 Å². The summed E-state index contributed by atoms with van der Waals surface area (Å²) in [5.74, 6) is -0.312. The van der Waals surface area contributed by atoms with Gasteiger partial charge >= 0.3 is 5.97 Å². The number of nitrogens with zero attached hydrogens (tertiary/aromatic N) is 1. The molecule has 27 heavy (non-hydrogen) atoms. The SMILES string of the molecule is CCC(C)(C)c1ccc(OCCNC(=O)Cc2nc(CC(=O)O)cs2)cc1. The molecule has 0 radical (unpaired) electrons. The molecule has 0 aliphatic rings. The standard InChI is InChI=1S/C20H26N2O4S/c1-4-20(2,3)14-5-7-16(8-6-14)26-10-9-21-17(23)12-18-22-15(13-27-18)11-19(24)25/h5-8,13H,4,9-12H2,1-3H3,(H,21,23)(H,24,25). The topological polar surface area (TPSA) is 88.5 Å². The van der Waals surface area contributed by atoms with E-state index in [1.54, 1.807) is 5.38 Å². The third kappa shape index (κ3) is 6.67. The number of aromatic nitrogens is 1. The van der Waals surface area contributed by atoms with Crippen LogP contribution in [0.15, 0.2) is 29.6 Å². The van der Waals surface area contributed by atoms with E-state index < -0.39 is 5.97 Å². The highest BCUT2D eigenvalue weighted by Gasteiger charge is 2.17. The van der Waals surface area contributed by atoms with Crippen LogP contribution in [-0.2, 0) is 27.8 Å². The van der Waals surface area contributed by atoms with Gasteiger partial charge < -0.3 is 15.2 Å². The number of rotatable bonds is 10. The Morgan fingerprint density at radius 3 is 2.56 bits per heavy atom. The molecule has 2 aromatic rings. The molecule has 0 spiro atoms. The molecule has 0 fully saturated rings. The van der Waals surface area contributed by atoms with Crippen LogP contribution in [0.2, 0.25) is 0 Å². The molecule has 0 aliphatic heterocycles. The van der Waals surface area contributed by atoms with Gasteiger partial charge in [0, 0.05) is 5.38 Å². The summed E-state index contributed by atoms with van der Waals surface area (Å²) in [6.07, 6.45) is 1.08. The van der Waals surface area contributed by atoms with Gasteiger partial charge in [0.2, 0.25) is 5.91 Å². The van der Waals surface area contributed by atoms with E-state index in [-0.39, 0.29) is 24.2 Å². The smallest absolute Gasteiger partial charge is 0.309 e. The number of ether oxygens (including phenoxy) is 1. The average molecular weight is 391 g/mol. The quantitative estimate of drug-likeness (QED) is 0.608. The number of carbonyl (C=O) groups excluding carboxylic acids is 1. The maximum absolute atomic E-state index is 11.9. The second kappa shape index (κ2) is 9.50. The van der Waals surface area contributed by atoms with Crippen molar-refractivity contribution in [1.29, 1.82) is 0 Å². The number of hydrogen-bond acceptors (Lipinski definition) is 5. The molecule has 0 atom stereocenters. The molecule has 1 heterocycles. The summed E-state index contributed by atoms with van der Waals surface area (Å²) in [7, 11) is 0. The van der Waals surface area contributed by atoms with Crippen LogP contribution in [0.3, 0.4) is 0 Å². The minimum absolute atomic E-state index is 0.125. The molecule has 1 aromatic heterocycles. The number of carboxylic acids is 1. The van der Waals surface area contributed by atoms with Crippen molar-refractivity contribution >= 4 is 23.2 Å². The lowest BCUT2D eigenvalue weighted by Crippen LogP contribution is -2.29. The second-order valence-electron chi connectivity index (χ2n) is 6.94. The number of thiazole rings is 1. The van der Waals surface area contributed by atoms with E-state index in [2.05, 4.69) is 43.2 Å². The molecule has 1 aromatic carbocycles. The Bertz CT molecular complexity index is 769. The molecule has 0 bridgehead atoms. The maximum Gasteiger partial charge on any atom is 0.309 e. The van der Waals surface area contributed by atoms with Crippen LogP contribution in [0.25, 0.3) is 0 Å². The maximum atomic E-state index is 11.9. The first kappa shape index (κ1) is 20.9. The zero-order valence-electron chi connectivity index (χ0n) is 15.9. The third-order valence-corrected chi connectivity index (χ3v) is 5.35. The van der Waals surface area contributed by atoms with Crippen LogP contribution in [0, 0.1) is 0 Å². The number of aliphatic carboxylic acids is 1. The first-order valence-electron chi connectivity index (χ1n) is 8.95. The number of benzene rings is 1. The van der Waals surface area contributed by atoms with Gasteiger partial charge in [-0.2, -0.15) is 0 Å². The summed E-state index contributed by atoms with van der Waals surface area (Å²) in [6, 6.07) is 8.06. The molecule has 1 amide bonds. The predicted molar refractivity (Wildman–Crippen MR) is 105 cm³/mol. The Hall–Kier alpha value is -2.41. The number of carboxylic acid groups (broad SMARTS) is 1. The van der Waals surface area contributed by atoms with Gasteiger partial charge in [0.1, 0.15) is 17.4 Å². The lowest BCUT2D eigenvalue weighted by molar-refractivity contribution is -0.136. The zero-order chi connectivity index (χ0) is 19.9. The minimum Gasteiger partial charge on any atom is -0.492 e. The van der Waals surface area contributed by atoms with Crippen molar-refractivity contribution in [3.63, 3.8) is 0 Å². The van der Waals surface area contributed by atoms with Crippen molar-refractivity contribution in [3.05, 3.63) is 45.9 Å². The van der Waals surface area contributed by atoms with Crippen LogP contribution in [0.1, 0.15) is 43.5 Å². The molecule has 2 N–H and O–H groups in total. The highest BCUT2D eigenvalue weighted by Crippen LogP contribution is 2.27. The highest BCUT2D eigenvalue weighted by molar-refractivity contribution is 7.09. The van der Waals surface area contributed by atoms with E-state index in [1.165, 1.54) is 16.9 Å².